The maximum absolute atomic E-state index is 13.1. The third-order valence-electron chi connectivity index (χ3n) is 5.67. The summed E-state index contributed by atoms with van der Waals surface area (Å²) in [5, 5.41) is 7.22. The predicted octanol–water partition coefficient (Wildman–Crippen LogP) is 3.94. The molecule has 0 unspecified atom stereocenters. The topological polar surface area (TPSA) is 56.7 Å². The molecule has 3 rings (SSSR count). The Kier molecular flexibility index (Phi) is 11.0. The Morgan fingerprint density at radius 3 is 2.60 bits per heavy atom. The summed E-state index contributed by atoms with van der Waals surface area (Å²) < 4.78 is 13.1. The zero-order valence-corrected chi connectivity index (χ0v) is 21.2. The van der Waals surface area contributed by atoms with Gasteiger partial charge in [-0.15, -0.1) is 24.0 Å². The van der Waals surface area contributed by atoms with E-state index in [9.17, 15) is 9.18 Å². The van der Waals surface area contributed by atoms with Crippen molar-refractivity contribution in [2.24, 2.45) is 10.9 Å². The van der Waals surface area contributed by atoms with Gasteiger partial charge < -0.3 is 15.5 Å². The zero-order valence-electron chi connectivity index (χ0n) is 17.3. The van der Waals surface area contributed by atoms with Crippen molar-refractivity contribution in [1.82, 2.24) is 15.5 Å². The molecule has 1 amide bonds. The van der Waals surface area contributed by atoms with E-state index in [0.717, 1.165) is 61.8 Å². The normalized spacial score (nSPS) is 22.2. The van der Waals surface area contributed by atoms with Crippen LogP contribution in [0.25, 0.3) is 0 Å². The lowest BCUT2D eigenvalue weighted by molar-refractivity contribution is -0.136. The molecule has 2 aliphatic rings. The lowest BCUT2D eigenvalue weighted by Crippen LogP contribution is -2.47. The summed E-state index contributed by atoms with van der Waals surface area (Å²) in [5.74, 6) is 3.08. The van der Waals surface area contributed by atoms with Gasteiger partial charge in [0.1, 0.15) is 5.82 Å². The van der Waals surface area contributed by atoms with Crippen LogP contribution in [-0.4, -0.2) is 61.0 Å². The molecule has 0 atom stereocenters. The number of aliphatic imine (C=N–C) groups is 1. The fraction of sp³-hybridized carbons (Fsp3) is 0.619. The molecule has 0 radical (unpaired) electrons. The third-order valence-corrected chi connectivity index (χ3v) is 6.96. The van der Waals surface area contributed by atoms with Crippen molar-refractivity contribution in [3.8, 4) is 0 Å². The quantitative estimate of drug-likeness (QED) is 0.321. The highest BCUT2D eigenvalue weighted by Crippen LogP contribution is 2.27. The van der Waals surface area contributed by atoms with Crippen molar-refractivity contribution in [2.45, 2.75) is 38.1 Å². The van der Waals surface area contributed by atoms with Gasteiger partial charge in [-0.2, -0.15) is 11.8 Å². The number of rotatable bonds is 5. The first-order chi connectivity index (χ1) is 14.1. The van der Waals surface area contributed by atoms with Gasteiger partial charge in [0.05, 0.1) is 0 Å². The Morgan fingerprint density at radius 2 is 1.97 bits per heavy atom. The summed E-state index contributed by atoms with van der Waals surface area (Å²) in [4.78, 5) is 19.0. The zero-order chi connectivity index (χ0) is 20.6. The Labute approximate surface area is 205 Å². The first-order valence-corrected chi connectivity index (χ1v) is 11.9. The standard InChI is InChI=1S/C21H30ClFN4OS.HI/c1-24-21(25-9-8-15-2-5-17(23)14-19(15)22)26-18-6-3-16(4-7-18)20(28)27-10-12-29-13-11-27;/h2,5,14,16,18H,3-4,6-13H2,1H3,(H2,24,25,26);1H. The van der Waals surface area contributed by atoms with Gasteiger partial charge in [-0.05, 0) is 49.8 Å². The fourth-order valence-electron chi connectivity index (χ4n) is 3.95. The molecule has 1 saturated carbocycles. The van der Waals surface area contributed by atoms with Crippen molar-refractivity contribution >= 4 is 59.2 Å². The van der Waals surface area contributed by atoms with Gasteiger partial charge in [-0.25, -0.2) is 4.39 Å². The highest BCUT2D eigenvalue weighted by molar-refractivity contribution is 14.0. The van der Waals surface area contributed by atoms with Crippen LogP contribution < -0.4 is 10.6 Å². The van der Waals surface area contributed by atoms with Crippen LogP contribution in [0.5, 0.6) is 0 Å². The number of carbonyl (C=O) groups excluding carboxylic acids is 1. The summed E-state index contributed by atoms with van der Waals surface area (Å²) in [6.45, 7) is 2.46. The van der Waals surface area contributed by atoms with Crippen LogP contribution >= 0.6 is 47.3 Å². The van der Waals surface area contributed by atoms with Gasteiger partial charge in [0.25, 0.3) is 0 Å². The number of benzene rings is 1. The highest BCUT2D eigenvalue weighted by atomic mass is 127. The molecular weight excluding hydrogens is 538 g/mol. The number of thioether (sulfide) groups is 1. The number of carbonyl (C=O) groups is 1. The average molecular weight is 569 g/mol. The van der Waals surface area contributed by atoms with Crippen molar-refractivity contribution in [1.29, 1.82) is 0 Å². The number of hydrogen-bond acceptors (Lipinski definition) is 3. The lowest BCUT2D eigenvalue weighted by Gasteiger charge is -2.34. The molecule has 2 N–H and O–H groups in total. The number of hydrogen-bond donors (Lipinski definition) is 2. The minimum absolute atomic E-state index is 0. The molecule has 168 valence electrons. The molecule has 1 aromatic rings. The van der Waals surface area contributed by atoms with Gasteiger partial charge in [0.15, 0.2) is 5.96 Å². The minimum Gasteiger partial charge on any atom is -0.356 e. The van der Waals surface area contributed by atoms with E-state index in [2.05, 4.69) is 20.5 Å². The van der Waals surface area contributed by atoms with E-state index in [4.69, 9.17) is 11.6 Å². The second-order valence-corrected chi connectivity index (χ2v) is 9.25. The Hall–Kier alpha value is -0.740. The molecule has 0 aromatic heterocycles. The number of guanidine groups is 1. The van der Waals surface area contributed by atoms with Crippen LogP contribution in [0.2, 0.25) is 5.02 Å². The predicted molar refractivity (Wildman–Crippen MR) is 135 cm³/mol. The van der Waals surface area contributed by atoms with E-state index < -0.39 is 0 Å². The Balaban J connectivity index is 0.00000320. The first kappa shape index (κ1) is 25.5. The van der Waals surface area contributed by atoms with Crippen molar-refractivity contribution < 1.29 is 9.18 Å². The van der Waals surface area contributed by atoms with Gasteiger partial charge in [-0.3, -0.25) is 9.79 Å². The monoisotopic (exact) mass is 568 g/mol. The van der Waals surface area contributed by atoms with Crippen molar-refractivity contribution in [2.75, 3.05) is 38.2 Å². The Morgan fingerprint density at radius 1 is 1.27 bits per heavy atom. The number of halogens is 3. The lowest BCUT2D eigenvalue weighted by atomic mass is 9.85. The summed E-state index contributed by atoms with van der Waals surface area (Å²) in [6, 6.07) is 4.81. The molecule has 2 fully saturated rings. The van der Waals surface area contributed by atoms with Gasteiger partial charge >= 0.3 is 0 Å². The first-order valence-electron chi connectivity index (χ1n) is 10.3. The fourth-order valence-corrected chi connectivity index (χ4v) is 5.12. The van der Waals surface area contributed by atoms with E-state index in [1.54, 1.807) is 13.1 Å². The van der Waals surface area contributed by atoms with Crippen LogP contribution in [0, 0.1) is 11.7 Å². The maximum Gasteiger partial charge on any atom is 0.225 e. The summed E-state index contributed by atoms with van der Waals surface area (Å²) in [6.07, 6.45) is 4.51. The molecule has 1 aromatic carbocycles. The second kappa shape index (κ2) is 13.0. The molecule has 0 spiro atoms. The summed E-state index contributed by atoms with van der Waals surface area (Å²) in [7, 11) is 1.75. The summed E-state index contributed by atoms with van der Waals surface area (Å²) >= 11 is 8.01. The van der Waals surface area contributed by atoms with E-state index in [1.807, 2.05) is 11.8 Å². The molecule has 1 aliphatic heterocycles. The molecule has 30 heavy (non-hydrogen) atoms. The average Bonchev–Trinajstić information content (AvgIpc) is 2.75. The summed E-state index contributed by atoms with van der Waals surface area (Å²) in [5.41, 5.74) is 0.908. The van der Waals surface area contributed by atoms with E-state index in [0.29, 0.717) is 29.9 Å². The van der Waals surface area contributed by atoms with E-state index in [-0.39, 0.29) is 35.7 Å². The van der Waals surface area contributed by atoms with Crippen molar-refractivity contribution in [3.05, 3.63) is 34.6 Å². The van der Waals surface area contributed by atoms with Crippen LogP contribution in [0.15, 0.2) is 23.2 Å². The smallest absolute Gasteiger partial charge is 0.225 e. The molecule has 0 bridgehead atoms. The molecule has 1 saturated heterocycles. The highest BCUT2D eigenvalue weighted by Gasteiger charge is 2.30. The van der Waals surface area contributed by atoms with Crippen LogP contribution in [-0.2, 0) is 11.2 Å². The number of amides is 1. The molecular formula is C21H31ClFIN4OS. The Bertz CT molecular complexity index is 725. The SMILES string of the molecule is CN=C(NCCc1ccc(F)cc1Cl)NC1CCC(C(=O)N2CCSCC2)CC1.I. The van der Waals surface area contributed by atoms with Gasteiger partial charge in [0, 0.05) is 55.2 Å². The van der Waals surface area contributed by atoms with Gasteiger partial charge in [-0.1, -0.05) is 17.7 Å². The van der Waals surface area contributed by atoms with E-state index >= 15 is 0 Å². The van der Waals surface area contributed by atoms with Crippen molar-refractivity contribution in [3.63, 3.8) is 0 Å². The number of nitrogens with one attached hydrogen (secondary N) is 2. The van der Waals surface area contributed by atoms with Crippen LogP contribution in [0.3, 0.4) is 0 Å². The maximum atomic E-state index is 13.1. The van der Waals surface area contributed by atoms with Gasteiger partial charge in [0.2, 0.25) is 5.91 Å². The largest absolute Gasteiger partial charge is 0.356 e. The molecule has 9 heteroatoms. The number of nitrogens with zero attached hydrogens (tertiary/aromatic N) is 2. The second-order valence-electron chi connectivity index (χ2n) is 7.62. The molecule has 1 heterocycles. The molecule has 5 nitrogen and oxygen atoms in total. The van der Waals surface area contributed by atoms with Crippen LogP contribution in [0.1, 0.15) is 31.2 Å². The van der Waals surface area contributed by atoms with E-state index in [1.165, 1.54) is 12.1 Å². The third kappa shape index (κ3) is 7.44. The molecule has 1 aliphatic carbocycles. The minimum atomic E-state index is -0.322. The van der Waals surface area contributed by atoms with Crippen LogP contribution in [0.4, 0.5) is 4.39 Å².